The van der Waals surface area contributed by atoms with Crippen molar-refractivity contribution in [2.45, 2.75) is 25.7 Å². The highest BCUT2D eigenvalue weighted by Gasteiger charge is 2.08. The maximum absolute atomic E-state index is 3.47. The number of hydrogen-bond donors (Lipinski definition) is 1. The van der Waals surface area contributed by atoms with E-state index in [-0.39, 0.29) is 0 Å². The molecule has 0 spiro atoms. The third-order valence-electron chi connectivity index (χ3n) is 3.20. The molecule has 1 aromatic carbocycles. The number of benzene rings is 1. The average molecular weight is 200 g/mol. The van der Waals surface area contributed by atoms with Gasteiger partial charge in [0.15, 0.2) is 0 Å². The van der Waals surface area contributed by atoms with E-state index in [0.717, 1.165) is 6.54 Å². The summed E-state index contributed by atoms with van der Waals surface area (Å²) in [6, 6.07) is 8.65. The molecule has 1 aliphatic rings. The molecule has 0 fully saturated rings. The summed E-state index contributed by atoms with van der Waals surface area (Å²) in [7, 11) is 0. The summed E-state index contributed by atoms with van der Waals surface area (Å²) >= 11 is 0. The molecule has 78 valence electrons. The van der Waals surface area contributed by atoms with Crippen LogP contribution in [0.3, 0.4) is 0 Å². The lowest BCUT2D eigenvalue weighted by atomic mass is 10.1. The van der Waals surface area contributed by atoms with Crippen molar-refractivity contribution in [1.29, 1.82) is 0 Å². The van der Waals surface area contributed by atoms with Crippen molar-refractivity contribution >= 4 is 10.9 Å². The van der Waals surface area contributed by atoms with Crippen LogP contribution in [-0.4, -0.2) is 11.2 Å². The van der Waals surface area contributed by atoms with Crippen molar-refractivity contribution < 1.29 is 0 Å². The van der Waals surface area contributed by atoms with E-state index in [2.05, 4.69) is 40.6 Å². The minimum Gasteiger partial charge on any atom is -0.326 e. The quantitative estimate of drug-likeness (QED) is 0.692. The Morgan fingerprint density at radius 2 is 2.00 bits per heavy atom. The molecule has 2 aromatic rings. The first-order valence-electron chi connectivity index (χ1n) is 5.78. The molecule has 0 saturated carbocycles. The van der Waals surface area contributed by atoms with E-state index in [4.69, 9.17) is 0 Å². The van der Waals surface area contributed by atoms with E-state index in [1.165, 1.54) is 42.1 Å². The summed E-state index contributed by atoms with van der Waals surface area (Å²) in [4.78, 5) is 0. The van der Waals surface area contributed by atoms with Crippen molar-refractivity contribution in [1.82, 2.24) is 4.68 Å². The van der Waals surface area contributed by atoms with Crippen molar-refractivity contribution in [3.8, 4) is 0 Å². The molecule has 15 heavy (non-hydrogen) atoms. The van der Waals surface area contributed by atoms with Gasteiger partial charge in [-0.25, -0.2) is 0 Å². The molecule has 0 unspecified atom stereocenters. The minimum atomic E-state index is 1.08. The highest BCUT2D eigenvalue weighted by Crippen LogP contribution is 2.23. The molecule has 2 heteroatoms. The molecular formula is C13H16N2. The topological polar surface area (TPSA) is 17.0 Å². The van der Waals surface area contributed by atoms with Gasteiger partial charge in [0.1, 0.15) is 0 Å². The summed E-state index contributed by atoms with van der Waals surface area (Å²) in [5.74, 6) is 0. The number of nitrogens with zero attached hydrogens (tertiary/aromatic N) is 1. The lowest BCUT2D eigenvalue weighted by Gasteiger charge is -2.08. The first-order chi connectivity index (χ1) is 7.45. The van der Waals surface area contributed by atoms with E-state index >= 15 is 0 Å². The van der Waals surface area contributed by atoms with Crippen LogP contribution >= 0.6 is 0 Å². The van der Waals surface area contributed by atoms with E-state index < -0.39 is 0 Å². The molecule has 2 bridgehead atoms. The van der Waals surface area contributed by atoms with Gasteiger partial charge < -0.3 is 5.43 Å². The van der Waals surface area contributed by atoms with Gasteiger partial charge in [0.25, 0.3) is 0 Å². The molecule has 0 radical (unpaired) electrons. The highest BCUT2D eigenvalue weighted by atomic mass is 15.4. The van der Waals surface area contributed by atoms with Crippen LogP contribution < -0.4 is 5.43 Å². The van der Waals surface area contributed by atoms with Gasteiger partial charge in [0, 0.05) is 18.1 Å². The van der Waals surface area contributed by atoms with Crippen LogP contribution in [-0.2, 0) is 6.42 Å². The number of aryl methyl sites for hydroxylation is 1. The predicted octanol–water partition coefficient (Wildman–Crippen LogP) is 2.91. The second-order valence-electron chi connectivity index (χ2n) is 4.26. The third-order valence-corrected chi connectivity index (χ3v) is 3.20. The Morgan fingerprint density at radius 3 is 3.00 bits per heavy atom. The molecular weight excluding hydrogens is 184 g/mol. The summed E-state index contributed by atoms with van der Waals surface area (Å²) in [5, 5.41) is 1.41. The zero-order valence-electron chi connectivity index (χ0n) is 8.87. The van der Waals surface area contributed by atoms with Gasteiger partial charge in [-0.15, -0.1) is 0 Å². The van der Waals surface area contributed by atoms with Crippen molar-refractivity contribution in [3.05, 3.63) is 36.0 Å². The first kappa shape index (κ1) is 8.84. The smallest absolute Gasteiger partial charge is 0.0695 e. The van der Waals surface area contributed by atoms with Crippen molar-refractivity contribution in [2.75, 3.05) is 12.0 Å². The molecule has 3 rings (SSSR count). The van der Waals surface area contributed by atoms with Crippen LogP contribution in [0.15, 0.2) is 30.5 Å². The number of para-hydroxylation sites is 1. The molecule has 0 atom stereocenters. The maximum atomic E-state index is 3.47. The lowest BCUT2D eigenvalue weighted by molar-refractivity contribution is 0.689. The fourth-order valence-electron chi connectivity index (χ4n) is 2.40. The summed E-state index contributed by atoms with van der Waals surface area (Å²) in [6.45, 7) is 1.08. The predicted molar refractivity (Wildman–Crippen MR) is 63.7 cm³/mol. The van der Waals surface area contributed by atoms with Gasteiger partial charge in [-0.2, -0.15) is 0 Å². The summed E-state index contributed by atoms with van der Waals surface area (Å²) in [6.07, 6.45) is 7.40. The zero-order chi connectivity index (χ0) is 10.1. The summed E-state index contributed by atoms with van der Waals surface area (Å²) in [5.41, 5.74) is 6.27. The summed E-state index contributed by atoms with van der Waals surface area (Å²) < 4.78 is 2.19. The van der Waals surface area contributed by atoms with Crippen LogP contribution in [0.5, 0.6) is 0 Å². The molecule has 0 saturated heterocycles. The van der Waals surface area contributed by atoms with Gasteiger partial charge in [0.05, 0.1) is 5.52 Å². The second-order valence-corrected chi connectivity index (χ2v) is 4.26. The van der Waals surface area contributed by atoms with Crippen LogP contribution in [0.25, 0.3) is 10.9 Å². The molecule has 0 aliphatic carbocycles. The van der Waals surface area contributed by atoms with Gasteiger partial charge in [-0.05, 0) is 30.9 Å². The minimum absolute atomic E-state index is 1.08. The van der Waals surface area contributed by atoms with E-state index in [1.807, 2.05) is 0 Å². The standard InChI is InChI=1S/C13H16N2/c1-2-6-11-10-15(14-9-5-1)13-8-4-3-7-12(11)13/h3-4,7-8,10,14H,1-2,5-6,9H2. The number of aromatic nitrogens is 1. The SMILES string of the molecule is c1ccc2c(c1)c1cn2NCCCCC1. The average Bonchev–Trinajstić information content (AvgIpc) is 2.68. The molecule has 2 nitrogen and oxygen atoms in total. The number of rotatable bonds is 0. The van der Waals surface area contributed by atoms with Crippen LogP contribution in [0.1, 0.15) is 24.8 Å². The fourth-order valence-corrected chi connectivity index (χ4v) is 2.40. The Hall–Kier alpha value is -1.44. The number of fused-ring (bicyclic) bond motifs is 5. The van der Waals surface area contributed by atoms with E-state index in [1.54, 1.807) is 0 Å². The van der Waals surface area contributed by atoms with Crippen LogP contribution in [0, 0.1) is 0 Å². The first-order valence-corrected chi connectivity index (χ1v) is 5.78. The molecule has 1 aliphatic heterocycles. The van der Waals surface area contributed by atoms with Crippen molar-refractivity contribution in [2.24, 2.45) is 0 Å². The normalized spacial score (nSPS) is 16.5. The van der Waals surface area contributed by atoms with Crippen LogP contribution in [0.2, 0.25) is 0 Å². The monoisotopic (exact) mass is 200 g/mol. The maximum Gasteiger partial charge on any atom is 0.0695 e. The number of nitrogens with one attached hydrogen (secondary N) is 1. The Kier molecular flexibility index (Phi) is 2.13. The van der Waals surface area contributed by atoms with Gasteiger partial charge >= 0.3 is 0 Å². The Bertz CT molecular complexity index is 428. The largest absolute Gasteiger partial charge is 0.326 e. The molecule has 1 aromatic heterocycles. The van der Waals surface area contributed by atoms with Gasteiger partial charge in [-0.1, -0.05) is 24.6 Å². The van der Waals surface area contributed by atoms with Gasteiger partial charge in [0.2, 0.25) is 0 Å². The lowest BCUT2D eigenvalue weighted by Crippen LogP contribution is -2.14. The second kappa shape index (κ2) is 3.61. The fraction of sp³-hybridized carbons (Fsp3) is 0.385. The Labute approximate surface area is 89.9 Å². The van der Waals surface area contributed by atoms with Gasteiger partial charge in [-0.3, -0.25) is 4.68 Å². The van der Waals surface area contributed by atoms with Crippen molar-refractivity contribution in [3.63, 3.8) is 0 Å². The number of hydrogen-bond acceptors (Lipinski definition) is 1. The Balaban J connectivity index is 2.17. The molecule has 0 amide bonds. The third kappa shape index (κ3) is 1.50. The van der Waals surface area contributed by atoms with E-state index in [9.17, 15) is 0 Å². The molecule has 2 heterocycles. The van der Waals surface area contributed by atoms with Crippen LogP contribution in [0.4, 0.5) is 0 Å². The molecule has 1 N–H and O–H groups in total. The highest BCUT2D eigenvalue weighted by molar-refractivity contribution is 5.84. The van der Waals surface area contributed by atoms with E-state index in [0.29, 0.717) is 0 Å². The Morgan fingerprint density at radius 1 is 1.07 bits per heavy atom. The zero-order valence-corrected chi connectivity index (χ0v) is 8.87.